The van der Waals surface area contributed by atoms with E-state index in [1.54, 1.807) is 0 Å². The first-order chi connectivity index (χ1) is 13.5. The minimum absolute atomic E-state index is 0.0862. The van der Waals surface area contributed by atoms with E-state index in [1.807, 2.05) is 51.2 Å². The van der Waals surface area contributed by atoms with Gasteiger partial charge in [0.25, 0.3) is 11.6 Å². The molecular formula is C21H25N5O2. The normalized spacial score (nSPS) is 15.4. The zero-order chi connectivity index (χ0) is 19.7. The van der Waals surface area contributed by atoms with E-state index in [2.05, 4.69) is 25.3 Å². The number of anilines is 1. The van der Waals surface area contributed by atoms with Gasteiger partial charge >= 0.3 is 0 Å². The third kappa shape index (κ3) is 3.56. The summed E-state index contributed by atoms with van der Waals surface area (Å²) >= 11 is 0. The van der Waals surface area contributed by atoms with E-state index in [0.29, 0.717) is 22.4 Å². The topological polar surface area (TPSA) is 84.1 Å². The maximum atomic E-state index is 13.1. The van der Waals surface area contributed by atoms with Crippen molar-refractivity contribution in [3.05, 3.63) is 47.4 Å². The van der Waals surface area contributed by atoms with E-state index < -0.39 is 0 Å². The summed E-state index contributed by atoms with van der Waals surface area (Å²) in [4.78, 5) is 24.2. The number of piperidine rings is 1. The van der Waals surface area contributed by atoms with Crippen LogP contribution in [0.25, 0.3) is 11.1 Å². The number of aryl methyl sites for hydroxylation is 1. The first kappa shape index (κ1) is 18.4. The average molecular weight is 379 g/mol. The molecule has 0 spiro atoms. The summed E-state index contributed by atoms with van der Waals surface area (Å²) in [6, 6.07) is 7.95. The standard InChI is InChI=1S/C21H25N5O2/c1-13(2)17-12-16(19-14(3)25-28-21(19)24-17)20(27)23-15-7-10-26(11-8-15)18-6-4-5-9-22-18/h4-6,9,12-13,15H,7-8,10-11H2,1-3H3,(H,23,27). The van der Waals surface area contributed by atoms with Gasteiger partial charge in [-0.2, -0.15) is 0 Å². The number of carbonyl (C=O) groups is 1. The molecule has 28 heavy (non-hydrogen) atoms. The van der Waals surface area contributed by atoms with Crippen molar-refractivity contribution in [3.8, 4) is 0 Å². The van der Waals surface area contributed by atoms with Gasteiger partial charge in [0, 0.05) is 31.0 Å². The minimum atomic E-state index is -0.0862. The fraction of sp³-hybridized carbons (Fsp3) is 0.429. The van der Waals surface area contributed by atoms with Gasteiger partial charge in [0.15, 0.2) is 0 Å². The first-order valence-electron chi connectivity index (χ1n) is 9.76. The molecule has 0 aromatic carbocycles. The van der Waals surface area contributed by atoms with Gasteiger partial charge in [-0.3, -0.25) is 4.79 Å². The number of carbonyl (C=O) groups excluding carboxylic acids is 1. The number of hydrogen-bond acceptors (Lipinski definition) is 6. The van der Waals surface area contributed by atoms with Gasteiger partial charge < -0.3 is 14.7 Å². The van der Waals surface area contributed by atoms with Gasteiger partial charge in [0.1, 0.15) is 5.82 Å². The molecule has 146 valence electrons. The van der Waals surface area contributed by atoms with Crippen LogP contribution >= 0.6 is 0 Å². The highest BCUT2D eigenvalue weighted by Gasteiger charge is 2.25. The quantitative estimate of drug-likeness (QED) is 0.747. The van der Waals surface area contributed by atoms with Crippen LogP contribution in [0.2, 0.25) is 0 Å². The van der Waals surface area contributed by atoms with Gasteiger partial charge in [0.05, 0.1) is 16.6 Å². The Kier molecular flexibility index (Phi) is 4.98. The Hall–Kier alpha value is -2.96. The van der Waals surface area contributed by atoms with Crippen molar-refractivity contribution in [2.75, 3.05) is 18.0 Å². The monoisotopic (exact) mass is 379 g/mol. The van der Waals surface area contributed by atoms with Crippen LogP contribution in [0.3, 0.4) is 0 Å². The molecule has 7 heteroatoms. The second-order valence-corrected chi connectivity index (χ2v) is 7.62. The lowest BCUT2D eigenvalue weighted by atomic mass is 10.0. The van der Waals surface area contributed by atoms with Crippen molar-refractivity contribution in [1.82, 2.24) is 20.4 Å². The zero-order valence-electron chi connectivity index (χ0n) is 16.5. The minimum Gasteiger partial charge on any atom is -0.356 e. The number of amides is 1. The Bertz CT molecular complexity index is 975. The Balaban J connectivity index is 1.49. The molecule has 7 nitrogen and oxygen atoms in total. The molecule has 0 unspecified atom stereocenters. The molecule has 0 radical (unpaired) electrons. The van der Waals surface area contributed by atoms with Crippen molar-refractivity contribution < 1.29 is 9.32 Å². The number of rotatable bonds is 4. The molecule has 1 fully saturated rings. The molecule has 4 rings (SSSR count). The van der Waals surface area contributed by atoms with Crippen LogP contribution in [0.1, 0.15) is 54.4 Å². The fourth-order valence-corrected chi connectivity index (χ4v) is 3.65. The van der Waals surface area contributed by atoms with Crippen molar-refractivity contribution >= 4 is 22.8 Å². The molecule has 3 aromatic heterocycles. The summed E-state index contributed by atoms with van der Waals surface area (Å²) in [6.07, 6.45) is 3.58. The number of aromatic nitrogens is 3. The molecule has 3 aromatic rings. The number of nitrogens with zero attached hydrogens (tertiary/aromatic N) is 4. The first-order valence-corrected chi connectivity index (χ1v) is 9.76. The lowest BCUT2D eigenvalue weighted by Gasteiger charge is -2.33. The molecule has 0 bridgehead atoms. The van der Waals surface area contributed by atoms with Crippen LogP contribution in [0.5, 0.6) is 0 Å². The average Bonchev–Trinajstić information content (AvgIpc) is 3.09. The van der Waals surface area contributed by atoms with Crippen molar-refractivity contribution in [1.29, 1.82) is 0 Å². The lowest BCUT2D eigenvalue weighted by molar-refractivity contribution is 0.0932. The summed E-state index contributed by atoms with van der Waals surface area (Å²) in [5.41, 5.74) is 2.55. The van der Waals surface area contributed by atoms with Crippen LogP contribution in [-0.4, -0.2) is 40.2 Å². The Morgan fingerprint density at radius 1 is 1.29 bits per heavy atom. The molecule has 4 heterocycles. The lowest BCUT2D eigenvalue weighted by Crippen LogP contribution is -2.45. The maximum Gasteiger partial charge on any atom is 0.259 e. The number of hydrogen-bond donors (Lipinski definition) is 1. The van der Waals surface area contributed by atoms with Gasteiger partial charge in [0.2, 0.25) is 0 Å². The Labute approximate surface area is 164 Å². The Morgan fingerprint density at radius 2 is 2.07 bits per heavy atom. The Morgan fingerprint density at radius 3 is 2.75 bits per heavy atom. The van der Waals surface area contributed by atoms with Crippen LogP contribution in [0, 0.1) is 6.92 Å². The fourth-order valence-electron chi connectivity index (χ4n) is 3.65. The van der Waals surface area contributed by atoms with E-state index >= 15 is 0 Å². The van der Waals surface area contributed by atoms with Gasteiger partial charge in [-0.15, -0.1) is 0 Å². The van der Waals surface area contributed by atoms with Crippen molar-refractivity contribution in [2.24, 2.45) is 0 Å². The molecule has 0 saturated carbocycles. The van der Waals surface area contributed by atoms with Crippen LogP contribution in [0.4, 0.5) is 5.82 Å². The van der Waals surface area contributed by atoms with Crippen molar-refractivity contribution in [3.63, 3.8) is 0 Å². The number of fused-ring (bicyclic) bond motifs is 1. The highest BCUT2D eigenvalue weighted by Crippen LogP contribution is 2.25. The maximum absolute atomic E-state index is 13.1. The van der Waals surface area contributed by atoms with E-state index in [1.165, 1.54) is 0 Å². The van der Waals surface area contributed by atoms with Crippen LogP contribution < -0.4 is 10.2 Å². The molecule has 1 amide bonds. The van der Waals surface area contributed by atoms with Crippen LogP contribution in [-0.2, 0) is 0 Å². The highest BCUT2D eigenvalue weighted by molar-refractivity contribution is 6.06. The molecule has 0 atom stereocenters. The van der Waals surface area contributed by atoms with Crippen molar-refractivity contribution in [2.45, 2.75) is 45.6 Å². The number of nitrogens with one attached hydrogen (secondary N) is 1. The molecule has 1 N–H and O–H groups in total. The summed E-state index contributed by atoms with van der Waals surface area (Å²) < 4.78 is 5.33. The number of pyridine rings is 2. The second-order valence-electron chi connectivity index (χ2n) is 7.62. The largest absolute Gasteiger partial charge is 0.356 e. The molecule has 0 aliphatic carbocycles. The van der Waals surface area contributed by atoms with E-state index in [9.17, 15) is 4.79 Å². The molecule has 1 aliphatic heterocycles. The van der Waals surface area contributed by atoms with E-state index in [4.69, 9.17) is 4.52 Å². The molecule has 1 saturated heterocycles. The summed E-state index contributed by atoms with van der Waals surface area (Å²) in [6.45, 7) is 7.68. The third-order valence-corrected chi connectivity index (χ3v) is 5.28. The second kappa shape index (κ2) is 7.58. The summed E-state index contributed by atoms with van der Waals surface area (Å²) in [5.74, 6) is 1.10. The molecular weight excluding hydrogens is 354 g/mol. The van der Waals surface area contributed by atoms with Gasteiger partial charge in [-0.1, -0.05) is 25.1 Å². The predicted octanol–water partition coefficient (Wildman–Crippen LogP) is 3.45. The zero-order valence-corrected chi connectivity index (χ0v) is 16.5. The van der Waals surface area contributed by atoms with Crippen LogP contribution in [0.15, 0.2) is 35.0 Å². The molecule has 1 aliphatic rings. The van der Waals surface area contributed by atoms with E-state index in [-0.39, 0.29) is 17.9 Å². The van der Waals surface area contributed by atoms with Gasteiger partial charge in [-0.05, 0) is 43.9 Å². The van der Waals surface area contributed by atoms with Gasteiger partial charge in [-0.25, -0.2) is 9.97 Å². The summed E-state index contributed by atoms with van der Waals surface area (Å²) in [5, 5.41) is 7.90. The summed E-state index contributed by atoms with van der Waals surface area (Å²) in [7, 11) is 0. The SMILES string of the molecule is Cc1noc2nc(C(C)C)cc(C(=O)NC3CCN(c4ccccn4)CC3)c12. The predicted molar refractivity (Wildman–Crippen MR) is 108 cm³/mol. The highest BCUT2D eigenvalue weighted by atomic mass is 16.5. The smallest absolute Gasteiger partial charge is 0.259 e. The van der Waals surface area contributed by atoms with E-state index in [0.717, 1.165) is 37.4 Å². The third-order valence-electron chi connectivity index (χ3n) is 5.28.